The van der Waals surface area contributed by atoms with E-state index < -0.39 is 0 Å². The van der Waals surface area contributed by atoms with E-state index in [1.54, 1.807) is 0 Å². The van der Waals surface area contributed by atoms with Crippen LogP contribution in [0.2, 0.25) is 0 Å². The lowest BCUT2D eigenvalue weighted by atomic mass is 9.92. The fraction of sp³-hybridized carbons (Fsp3) is 0.889. The number of carbonyl (C=O) groups excluding carboxylic acids is 1. The molecule has 1 aliphatic heterocycles. The highest BCUT2D eigenvalue weighted by atomic mass is 16.1. The lowest BCUT2D eigenvalue weighted by Crippen LogP contribution is -2.35. The van der Waals surface area contributed by atoms with Gasteiger partial charge in [0.25, 0.3) is 0 Å². The number of likely N-dealkylation sites (tertiary alicyclic amines) is 1. The van der Waals surface area contributed by atoms with E-state index in [2.05, 4.69) is 25.8 Å². The first-order valence-electron chi connectivity index (χ1n) is 4.16. The van der Waals surface area contributed by atoms with Crippen molar-refractivity contribution in [3.05, 3.63) is 0 Å². The molecule has 0 radical (unpaired) electrons. The van der Waals surface area contributed by atoms with E-state index in [1.165, 1.54) is 19.5 Å². The molecule has 0 aromatic rings. The van der Waals surface area contributed by atoms with Gasteiger partial charge in [0.2, 0.25) is 0 Å². The third-order valence-electron chi connectivity index (χ3n) is 2.05. The van der Waals surface area contributed by atoms with Crippen molar-refractivity contribution in [1.29, 1.82) is 0 Å². The third-order valence-corrected chi connectivity index (χ3v) is 2.05. The summed E-state index contributed by atoms with van der Waals surface area (Å²) in [4.78, 5) is 10.4. The average molecular weight is 157 g/mol. The van der Waals surface area contributed by atoms with Crippen molar-refractivity contribution in [2.45, 2.75) is 20.3 Å². The van der Waals surface area contributed by atoms with Crippen molar-refractivity contribution in [1.82, 2.24) is 4.90 Å². The summed E-state index contributed by atoms with van der Waals surface area (Å²) in [5.74, 6) is 1.83. The SMILES string of the molecule is C=O.CC1CC(C)CN(C)C1. The Labute approximate surface area is 69.6 Å². The van der Waals surface area contributed by atoms with Crippen LogP contribution in [0.1, 0.15) is 20.3 Å². The van der Waals surface area contributed by atoms with Crippen LogP contribution in [0.3, 0.4) is 0 Å². The first-order chi connectivity index (χ1) is 5.18. The summed E-state index contributed by atoms with van der Waals surface area (Å²) in [6, 6.07) is 0. The molecule has 2 nitrogen and oxygen atoms in total. The molecular formula is C9H19NO. The Morgan fingerprint density at radius 2 is 1.55 bits per heavy atom. The lowest BCUT2D eigenvalue weighted by molar-refractivity contribution is -0.0979. The van der Waals surface area contributed by atoms with Crippen LogP contribution >= 0.6 is 0 Å². The van der Waals surface area contributed by atoms with Crippen molar-refractivity contribution in [3.63, 3.8) is 0 Å². The van der Waals surface area contributed by atoms with Crippen LogP contribution < -0.4 is 0 Å². The van der Waals surface area contributed by atoms with Crippen molar-refractivity contribution in [2.75, 3.05) is 20.1 Å². The summed E-state index contributed by atoms with van der Waals surface area (Å²) >= 11 is 0. The van der Waals surface area contributed by atoms with E-state index in [0.717, 1.165) is 11.8 Å². The highest BCUT2D eigenvalue weighted by molar-refractivity contribution is 5.10. The maximum atomic E-state index is 8.00. The van der Waals surface area contributed by atoms with Crippen molar-refractivity contribution >= 4 is 6.79 Å². The maximum Gasteiger partial charge on any atom is 0.106 e. The summed E-state index contributed by atoms with van der Waals surface area (Å²) in [6.07, 6.45) is 1.42. The summed E-state index contributed by atoms with van der Waals surface area (Å²) in [5, 5.41) is 0. The molecule has 2 unspecified atom stereocenters. The van der Waals surface area contributed by atoms with Gasteiger partial charge >= 0.3 is 0 Å². The molecule has 2 atom stereocenters. The van der Waals surface area contributed by atoms with E-state index in [4.69, 9.17) is 4.79 Å². The predicted molar refractivity (Wildman–Crippen MR) is 47.6 cm³/mol. The second kappa shape index (κ2) is 5.30. The van der Waals surface area contributed by atoms with Gasteiger partial charge < -0.3 is 9.69 Å². The zero-order valence-electron chi connectivity index (χ0n) is 7.84. The molecule has 0 aliphatic carbocycles. The van der Waals surface area contributed by atoms with Crippen LogP contribution in [0.25, 0.3) is 0 Å². The molecule has 0 saturated carbocycles. The number of hydrogen-bond acceptors (Lipinski definition) is 2. The summed E-state index contributed by atoms with van der Waals surface area (Å²) in [6.45, 7) is 9.27. The maximum absolute atomic E-state index is 8.00. The molecule has 1 fully saturated rings. The summed E-state index contributed by atoms with van der Waals surface area (Å²) in [5.41, 5.74) is 0. The lowest BCUT2D eigenvalue weighted by Gasteiger charge is -2.31. The Morgan fingerprint density at radius 3 is 1.82 bits per heavy atom. The van der Waals surface area contributed by atoms with Gasteiger partial charge in [-0.05, 0) is 25.3 Å². The summed E-state index contributed by atoms with van der Waals surface area (Å²) in [7, 11) is 2.21. The Balaban J connectivity index is 0.000000461. The molecule has 1 saturated heterocycles. The minimum atomic E-state index is 0.916. The van der Waals surface area contributed by atoms with Gasteiger partial charge in [0.05, 0.1) is 0 Å². The topological polar surface area (TPSA) is 20.3 Å². The molecule has 1 heterocycles. The van der Waals surface area contributed by atoms with Crippen molar-refractivity contribution in [3.8, 4) is 0 Å². The molecular weight excluding hydrogens is 138 g/mol. The fourth-order valence-corrected chi connectivity index (χ4v) is 1.97. The van der Waals surface area contributed by atoms with Crippen LogP contribution in [0.5, 0.6) is 0 Å². The largest absolute Gasteiger partial charge is 0.307 e. The normalized spacial score (nSPS) is 32.3. The fourth-order valence-electron chi connectivity index (χ4n) is 1.97. The van der Waals surface area contributed by atoms with E-state index >= 15 is 0 Å². The van der Waals surface area contributed by atoms with Crippen LogP contribution in [-0.2, 0) is 4.79 Å². The van der Waals surface area contributed by atoms with Gasteiger partial charge in [-0.1, -0.05) is 13.8 Å². The highest BCUT2D eigenvalue weighted by Gasteiger charge is 2.17. The van der Waals surface area contributed by atoms with Crippen molar-refractivity contribution in [2.24, 2.45) is 11.8 Å². The van der Waals surface area contributed by atoms with Gasteiger partial charge in [-0.2, -0.15) is 0 Å². The van der Waals surface area contributed by atoms with Crippen LogP contribution in [0, 0.1) is 11.8 Å². The zero-order valence-corrected chi connectivity index (χ0v) is 7.84. The molecule has 0 spiro atoms. The monoisotopic (exact) mass is 157 g/mol. The number of hydrogen-bond donors (Lipinski definition) is 0. The molecule has 0 aromatic heterocycles. The van der Waals surface area contributed by atoms with Gasteiger partial charge in [-0.15, -0.1) is 0 Å². The second-order valence-corrected chi connectivity index (χ2v) is 3.67. The quantitative estimate of drug-likeness (QED) is 0.530. The Bertz CT molecular complexity index is 80.7. The average Bonchev–Trinajstić information content (AvgIpc) is 1.88. The first kappa shape index (κ1) is 10.6. The molecule has 11 heavy (non-hydrogen) atoms. The van der Waals surface area contributed by atoms with Crippen molar-refractivity contribution < 1.29 is 4.79 Å². The smallest absolute Gasteiger partial charge is 0.106 e. The van der Waals surface area contributed by atoms with Gasteiger partial charge in [0.1, 0.15) is 6.79 Å². The standard InChI is InChI=1S/C8H17N.CH2O/c1-7-4-8(2)6-9(3)5-7;1-2/h7-8H,4-6H2,1-3H3;1H2. The highest BCUT2D eigenvalue weighted by Crippen LogP contribution is 2.18. The number of carbonyl (C=O) groups is 1. The minimum absolute atomic E-state index is 0.916. The van der Waals surface area contributed by atoms with Gasteiger partial charge in [-0.25, -0.2) is 0 Å². The zero-order chi connectivity index (χ0) is 8.85. The molecule has 0 bridgehead atoms. The Morgan fingerprint density at radius 1 is 1.18 bits per heavy atom. The first-order valence-corrected chi connectivity index (χ1v) is 4.16. The summed E-state index contributed by atoms with van der Waals surface area (Å²) < 4.78 is 0. The van der Waals surface area contributed by atoms with Gasteiger partial charge in [0, 0.05) is 13.1 Å². The van der Waals surface area contributed by atoms with E-state index in [-0.39, 0.29) is 0 Å². The molecule has 1 aliphatic rings. The molecule has 0 N–H and O–H groups in total. The van der Waals surface area contributed by atoms with E-state index in [9.17, 15) is 0 Å². The number of rotatable bonds is 0. The molecule has 0 aromatic carbocycles. The molecule has 66 valence electrons. The predicted octanol–water partition coefficient (Wildman–Crippen LogP) is 1.41. The van der Waals surface area contributed by atoms with Crippen LogP contribution in [-0.4, -0.2) is 31.8 Å². The minimum Gasteiger partial charge on any atom is -0.307 e. The van der Waals surface area contributed by atoms with Gasteiger partial charge in [0.15, 0.2) is 0 Å². The van der Waals surface area contributed by atoms with E-state index in [0.29, 0.717) is 0 Å². The molecule has 1 rings (SSSR count). The molecule has 2 heteroatoms. The number of piperidine rings is 1. The third kappa shape index (κ3) is 4.14. The Hall–Kier alpha value is -0.370. The Kier molecular flexibility index (Phi) is 5.12. The van der Waals surface area contributed by atoms with Crippen LogP contribution in [0.15, 0.2) is 0 Å². The van der Waals surface area contributed by atoms with E-state index in [1.807, 2.05) is 6.79 Å². The molecule has 0 amide bonds. The van der Waals surface area contributed by atoms with Crippen LogP contribution in [0.4, 0.5) is 0 Å². The number of nitrogens with zero attached hydrogens (tertiary/aromatic N) is 1. The van der Waals surface area contributed by atoms with Gasteiger partial charge in [-0.3, -0.25) is 0 Å². The second-order valence-electron chi connectivity index (χ2n) is 3.67.